The second-order valence-corrected chi connectivity index (χ2v) is 10.0. The van der Waals surface area contributed by atoms with Gasteiger partial charge >= 0.3 is 0 Å². The van der Waals surface area contributed by atoms with Crippen LogP contribution >= 0.6 is 12.2 Å². The van der Waals surface area contributed by atoms with Crippen molar-refractivity contribution in [1.29, 1.82) is 0 Å². The highest BCUT2D eigenvalue weighted by Crippen LogP contribution is 2.42. The van der Waals surface area contributed by atoms with E-state index in [1.807, 2.05) is 18.3 Å². The molecule has 3 heterocycles. The molecule has 35 heavy (non-hydrogen) atoms. The number of thiocarbonyl (C=S) groups is 1. The lowest BCUT2D eigenvalue weighted by molar-refractivity contribution is 0.310. The fraction of sp³-hybridized carbons (Fsp3) is 0.267. The molecule has 0 radical (unpaired) electrons. The van der Waals surface area contributed by atoms with Crippen molar-refractivity contribution in [3.8, 4) is 5.69 Å². The molecule has 5 heteroatoms. The fourth-order valence-corrected chi connectivity index (χ4v) is 5.96. The monoisotopic (exact) mass is 480 g/mol. The zero-order valence-electron chi connectivity index (χ0n) is 21.0. The maximum Gasteiger partial charge on any atom is 0.170 e. The van der Waals surface area contributed by atoms with E-state index in [1.165, 1.54) is 44.9 Å². The van der Waals surface area contributed by atoms with E-state index < -0.39 is 0 Å². The first-order valence-corrected chi connectivity index (χ1v) is 12.5. The van der Waals surface area contributed by atoms with Gasteiger partial charge in [0.1, 0.15) is 0 Å². The second-order valence-electron chi connectivity index (χ2n) is 9.65. The average molecular weight is 481 g/mol. The molecule has 0 spiro atoms. The summed E-state index contributed by atoms with van der Waals surface area (Å²) in [6, 6.07) is 23.5. The first-order chi connectivity index (χ1) is 16.8. The number of nitrogens with one attached hydrogen (secondary N) is 1. The molecule has 0 amide bonds. The van der Waals surface area contributed by atoms with Gasteiger partial charge in [-0.2, -0.15) is 0 Å². The number of benzene rings is 2. The van der Waals surface area contributed by atoms with Crippen LogP contribution in [0.15, 0.2) is 72.9 Å². The van der Waals surface area contributed by atoms with Crippen molar-refractivity contribution < 1.29 is 0 Å². The highest BCUT2D eigenvalue weighted by Gasteiger charge is 2.41. The molecular formula is C30H32N4S. The van der Waals surface area contributed by atoms with Crippen molar-refractivity contribution in [3.63, 3.8) is 0 Å². The summed E-state index contributed by atoms with van der Waals surface area (Å²) in [5, 5.41) is 4.37. The molecule has 1 N–H and O–H groups in total. The Hall–Kier alpha value is -3.44. The molecule has 2 aromatic heterocycles. The van der Waals surface area contributed by atoms with Gasteiger partial charge in [-0.3, -0.25) is 4.98 Å². The number of hydrogen-bond donors (Lipinski definition) is 1. The van der Waals surface area contributed by atoms with Crippen molar-refractivity contribution in [2.45, 2.75) is 53.2 Å². The minimum Gasteiger partial charge on any atom is -0.352 e. The van der Waals surface area contributed by atoms with Gasteiger partial charge in [-0.15, -0.1) is 0 Å². The standard InChI is InChI=1S/C30H32N4S/c1-19-15-20(2)28(21(3)16-19)34-22(4)17-25(23(34)5)29-27(26-13-9-10-14-31-26)32-30(35)33(29)18-24-11-7-6-8-12-24/h6-17,27,29H,18H2,1-5H3,(H,32,35). The molecule has 5 rings (SSSR count). The molecule has 178 valence electrons. The molecule has 1 aliphatic rings. The van der Waals surface area contributed by atoms with E-state index in [4.69, 9.17) is 17.2 Å². The number of aryl methyl sites for hydroxylation is 4. The molecule has 4 nitrogen and oxygen atoms in total. The number of hydrogen-bond acceptors (Lipinski definition) is 2. The Kier molecular flexibility index (Phi) is 6.20. The number of rotatable bonds is 5. The second kappa shape index (κ2) is 9.31. The third kappa shape index (κ3) is 4.25. The maximum absolute atomic E-state index is 5.91. The van der Waals surface area contributed by atoms with Gasteiger partial charge in [0.25, 0.3) is 0 Å². The topological polar surface area (TPSA) is 33.1 Å². The van der Waals surface area contributed by atoms with Gasteiger partial charge in [0.2, 0.25) is 0 Å². The van der Waals surface area contributed by atoms with Crippen molar-refractivity contribution >= 4 is 17.3 Å². The van der Waals surface area contributed by atoms with Crippen LogP contribution < -0.4 is 5.32 Å². The van der Waals surface area contributed by atoms with Gasteiger partial charge in [-0.25, -0.2) is 0 Å². The molecule has 0 bridgehead atoms. The predicted molar refractivity (Wildman–Crippen MR) is 147 cm³/mol. The van der Waals surface area contributed by atoms with E-state index in [2.05, 4.69) is 104 Å². The Morgan fingerprint density at radius 3 is 2.23 bits per heavy atom. The van der Waals surface area contributed by atoms with Gasteiger partial charge < -0.3 is 14.8 Å². The van der Waals surface area contributed by atoms with Crippen LogP contribution in [-0.4, -0.2) is 19.6 Å². The average Bonchev–Trinajstić information content (AvgIpc) is 3.30. The van der Waals surface area contributed by atoms with E-state index in [9.17, 15) is 0 Å². The first-order valence-electron chi connectivity index (χ1n) is 12.1. The van der Waals surface area contributed by atoms with Gasteiger partial charge in [-0.05, 0) is 87.3 Å². The quantitative estimate of drug-likeness (QED) is 0.327. The lowest BCUT2D eigenvalue weighted by Crippen LogP contribution is -2.29. The normalized spacial score (nSPS) is 17.6. The van der Waals surface area contributed by atoms with Crippen LogP contribution in [0, 0.1) is 34.6 Å². The molecule has 0 aliphatic carbocycles. The summed E-state index contributed by atoms with van der Waals surface area (Å²) < 4.78 is 2.41. The van der Waals surface area contributed by atoms with Crippen LogP contribution in [0.4, 0.5) is 0 Å². The molecule has 1 saturated heterocycles. The molecule has 2 unspecified atom stereocenters. The van der Waals surface area contributed by atoms with Gasteiger partial charge in [-0.1, -0.05) is 54.1 Å². The molecule has 4 aromatic rings. The van der Waals surface area contributed by atoms with Gasteiger partial charge in [0, 0.05) is 24.1 Å². The Bertz CT molecular complexity index is 1350. The Balaban J connectivity index is 1.65. The van der Waals surface area contributed by atoms with Crippen molar-refractivity contribution in [2.75, 3.05) is 0 Å². The number of aromatic nitrogens is 2. The minimum atomic E-state index is -0.0263. The molecule has 2 atom stereocenters. The van der Waals surface area contributed by atoms with Crippen LogP contribution in [0.2, 0.25) is 0 Å². The SMILES string of the molecule is Cc1cc(C)c(-n2c(C)cc(C3C(c4ccccn4)NC(=S)N3Cc3ccccc3)c2C)c(C)c1. The predicted octanol–water partition coefficient (Wildman–Crippen LogP) is 6.59. The van der Waals surface area contributed by atoms with E-state index in [0.29, 0.717) is 0 Å². The molecule has 0 saturated carbocycles. The van der Waals surface area contributed by atoms with Crippen molar-refractivity contribution in [1.82, 2.24) is 19.8 Å². The summed E-state index contributed by atoms with van der Waals surface area (Å²) in [5.41, 5.74) is 11.1. The van der Waals surface area contributed by atoms with Crippen LogP contribution in [0.1, 0.15) is 57.0 Å². The highest BCUT2D eigenvalue weighted by atomic mass is 32.1. The van der Waals surface area contributed by atoms with Crippen molar-refractivity contribution in [3.05, 3.63) is 118 Å². The summed E-state index contributed by atoms with van der Waals surface area (Å²) in [5.74, 6) is 0. The lowest BCUT2D eigenvalue weighted by Gasteiger charge is -2.28. The summed E-state index contributed by atoms with van der Waals surface area (Å²) in [7, 11) is 0. The Morgan fingerprint density at radius 1 is 0.886 bits per heavy atom. The number of nitrogens with zero attached hydrogens (tertiary/aromatic N) is 3. The largest absolute Gasteiger partial charge is 0.352 e. The smallest absolute Gasteiger partial charge is 0.170 e. The third-order valence-electron chi connectivity index (χ3n) is 7.04. The minimum absolute atomic E-state index is 0.0263. The summed E-state index contributed by atoms with van der Waals surface area (Å²) in [4.78, 5) is 7.04. The fourth-order valence-electron chi connectivity index (χ4n) is 5.65. The zero-order valence-corrected chi connectivity index (χ0v) is 21.9. The maximum atomic E-state index is 5.91. The lowest BCUT2D eigenvalue weighted by atomic mass is 9.96. The van der Waals surface area contributed by atoms with Crippen LogP contribution in [0.3, 0.4) is 0 Å². The van der Waals surface area contributed by atoms with Gasteiger partial charge in [0.05, 0.1) is 23.5 Å². The molecule has 1 fully saturated rings. The van der Waals surface area contributed by atoms with Crippen molar-refractivity contribution in [2.24, 2.45) is 0 Å². The first kappa shape index (κ1) is 23.3. The van der Waals surface area contributed by atoms with E-state index in [0.717, 1.165) is 17.4 Å². The third-order valence-corrected chi connectivity index (χ3v) is 7.39. The molecule has 2 aromatic carbocycles. The number of pyridine rings is 1. The van der Waals surface area contributed by atoms with Crippen LogP contribution in [-0.2, 0) is 6.54 Å². The van der Waals surface area contributed by atoms with E-state index >= 15 is 0 Å². The molecular weight excluding hydrogens is 448 g/mol. The molecule has 1 aliphatic heterocycles. The van der Waals surface area contributed by atoms with Crippen LogP contribution in [0.5, 0.6) is 0 Å². The Morgan fingerprint density at radius 2 is 1.57 bits per heavy atom. The summed E-state index contributed by atoms with van der Waals surface area (Å²) in [6.07, 6.45) is 1.86. The van der Waals surface area contributed by atoms with E-state index in [1.54, 1.807) is 0 Å². The highest BCUT2D eigenvalue weighted by molar-refractivity contribution is 7.80. The Labute approximate surface area is 213 Å². The zero-order chi connectivity index (χ0) is 24.7. The van der Waals surface area contributed by atoms with Gasteiger partial charge in [0.15, 0.2) is 5.11 Å². The van der Waals surface area contributed by atoms with Crippen LogP contribution in [0.25, 0.3) is 5.69 Å². The summed E-state index contributed by atoms with van der Waals surface area (Å²) >= 11 is 5.91. The summed E-state index contributed by atoms with van der Waals surface area (Å²) in [6.45, 7) is 11.8. The van der Waals surface area contributed by atoms with E-state index in [-0.39, 0.29) is 12.1 Å².